The Labute approximate surface area is 114 Å². The molecule has 0 bridgehead atoms. The minimum absolute atomic E-state index is 0.212. The standard InChI is InChI=1S/C14H24N2O3/c1-13(2)5-3-4-10(8-13)16-12(19)15-9-14(6-7-14)11(17)18/h10H,3-9H2,1-2H3,(H,17,18)(H2,15,16,19). The third-order valence-electron chi connectivity index (χ3n) is 4.43. The van der Waals surface area contributed by atoms with Gasteiger partial charge in [0, 0.05) is 12.6 Å². The zero-order valence-electron chi connectivity index (χ0n) is 11.8. The minimum Gasteiger partial charge on any atom is -0.481 e. The predicted molar refractivity (Wildman–Crippen MR) is 71.9 cm³/mol. The topological polar surface area (TPSA) is 78.4 Å². The molecule has 0 aromatic heterocycles. The molecule has 5 nitrogen and oxygen atoms in total. The molecule has 2 fully saturated rings. The second-order valence-corrected chi connectivity index (χ2v) is 6.87. The Hall–Kier alpha value is -1.26. The maximum Gasteiger partial charge on any atom is 0.315 e. The molecule has 0 radical (unpaired) electrons. The summed E-state index contributed by atoms with van der Waals surface area (Å²) in [4.78, 5) is 22.8. The van der Waals surface area contributed by atoms with Gasteiger partial charge in [0.2, 0.25) is 0 Å². The number of hydrogen-bond donors (Lipinski definition) is 3. The largest absolute Gasteiger partial charge is 0.481 e. The second kappa shape index (κ2) is 5.02. The van der Waals surface area contributed by atoms with E-state index in [4.69, 9.17) is 5.11 Å². The van der Waals surface area contributed by atoms with Gasteiger partial charge in [-0.15, -0.1) is 0 Å². The Balaban J connectivity index is 1.74. The number of carbonyl (C=O) groups excluding carboxylic acids is 1. The van der Waals surface area contributed by atoms with Crippen LogP contribution in [0.2, 0.25) is 0 Å². The summed E-state index contributed by atoms with van der Waals surface area (Å²) in [6.45, 7) is 4.69. The molecule has 108 valence electrons. The fourth-order valence-electron chi connectivity index (χ4n) is 2.92. The first kappa shape index (κ1) is 14.2. The van der Waals surface area contributed by atoms with Gasteiger partial charge in [-0.2, -0.15) is 0 Å². The van der Waals surface area contributed by atoms with Crippen LogP contribution >= 0.6 is 0 Å². The lowest BCUT2D eigenvalue weighted by Gasteiger charge is -2.35. The van der Waals surface area contributed by atoms with Gasteiger partial charge in [0.05, 0.1) is 5.41 Å². The fourth-order valence-corrected chi connectivity index (χ4v) is 2.92. The quantitative estimate of drug-likeness (QED) is 0.730. The highest BCUT2D eigenvalue weighted by Crippen LogP contribution is 2.45. The van der Waals surface area contributed by atoms with E-state index in [1.807, 2.05) is 0 Å². The molecular weight excluding hydrogens is 244 g/mol. The third-order valence-corrected chi connectivity index (χ3v) is 4.43. The number of rotatable bonds is 4. The molecule has 0 saturated heterocycles. The van der Waals surface area contributed by atoms with Crippen LogP contribution in [0, 0.1) is 10.8 Å². The molecule has 2 aliphatic carbocycles. The van der Waals surface area contributed by atoms with Gasteiger partial charge in [0.1, 0.15) is 0 Å². The number of carbonyl (C=O) groups is 2. The maximum atomic E-state index is 11.8. The van der Waals surface area contributed by atoms with Crippen molar-refractivity contribution in [2.75, 3.05) is 6.54 Å². The van der Waals surface area contributed by atoms with Gasteiger partial charge in [-0.1, -0.05) is 20.3 Å². The second-order valence-electron chi connectivity index (χ2n) is 6.87. The zero-order chi connectivity index (χ0) is 14.1. The molecule has 2 saturated carbocycles. The van der Waals surface area contributed by atoms with Gasteiger partial charge in [0.25, 0.3) is 0 Å². The van der Waals surface area contributed by atoms with E-state index in [2.05, 4.69) is 24.5 Å². The van der Waals surface area contributed by atoms with Crippen LogP contribution in [-0.4, -0.2) is 29.7 Å². The lowest BCUT2D eigenvalue weighted by molar-refractivity contribution is -0.143. The molecular formula is C14H24N2O3. The van der Waals surface area contributed by atoms with Gasteiger partial charge >= 0.3 is 12.0 Å². The highest BCUT2D eigenvalue weighted by atomic mass is 16.4. The lowest BCUT2D eigenvalue weighted by Crippen LogP contribution is -2.47. The molecule has 0 aromatic carbocycles. The average molecular weight is 268 g/mol. The fraction of sp³-hybridized carbons (Fsp3) is 0.857. The molecule has 1 atom stereocenters. The van der Waals surface area contributed by atoms with Crippen LogP contribution in [0.25, 0.3) is 0 Å². The highest BCUT2D eigenvalue weighted by Gasteiger charge is 2.50. The van der Waals surface area contributed by atoms with E-state index in [1.165, 1.54) is 6.42 Å². The van der Waals surface area contributed by atoms with E-state index in [-0.39, 0.29) is 24.0 Å². The summed E-state index contributed by atoms with van der Waals surface area (Å²) < 4.78 is 0. The van der Waals surface area contributed by atoms with Gasteiger partial charge in [-0.05, 0) is 37.5 Å². The van der Waals surface area contributed by atoms with E-state index < -0.39 is 11.4 Å². The van der Waals surface area contributed by atoms with Crippen molar-refractivity contribution in [3.05, 3.63) is 0 Å². The van der Waals surface area contributed by atoms with Crippen LogP contribution in [0.15, 0.2) is 0 Å². The average Bonchev–Trinajstić information content (AvgIpc) is 3.06. The molecule has 2 aliphatic rings. The van der Waals surface area contributed by atoms with Crippen LogP contribution in [0.4, 0.5) is 4.79 Å². The minimum atomic E-state index is -0.799. The van der Waals surface area contributed by atoms with Crippen molar-refractivity contribution < 1.29 is 14.7 Å². The van der Waals surface area contributed by atoms with E-state index >= 15 is 0 Å². The summed E-state index contributed by atoms with van der Waals surface area (Å²) in [5.41, 5.74) is -0.405. The van der Waals surface area contributed by atoms with Crippen molar-refractivity contribution in [3.8, 4) is 0 Å². The van der Waals surface area contributed by atoms with E-state index in [0.29, 0.717) is 12.8 Å². The summed E-state index contributed by atoms with van der Waals surface area (Å²) in [6.07, 6.45) is 5.68. The van der Waals surface area contributed by atoms with Crippen LogP contribution in [0.5, 0.6) is 0 Å². The molecule has 3 N–H and O–H groups in total. The predicted octanol–water partition coefficient (Wildman–Crippen LogP) is 2.12. The van der Waals surface area contributed by atoms with E-state index in [1.54, 1.807) is 0 Å². The molecule has 0 aliphatic heterocycles. The number of hydrogen-bond acceptors (Lipinski definition) is 2. The molecule has 2 amide bonds. The SMILES string of the molecule is CC1(C)CCCC(NC(=O)NCC2(C(=O)O)CC2)C1. The lowest BCUT2D eigenvalue weighted by atomic mass is 9.75. The summed E-state index contributed by atoms with van der Waals surface area (Å²) in [6, 6.07) is -0.0149. The first-order valence-electron chi connectivity index (χ1n) is 7.11. The van der Waals surface area contributed by atoms with Crippen molar-refractivity contribution >= 4 is 12.0 Å². The molecule has 0 spiro atoms. The monoisotopic (exact) mass is 268 g/mol. The summed E-state index contributed by atoms with van der Waals surface area (Å²) in [5.74, 6) is -0.799. The van der Waals surface area contributed by atoms with Gasteiger partial charge in [-0.3, -0.25) is 4.79 Å². The number of carboxylic acids is 1. The molecule has 0 aromatic rings. The van der Waals surface area contributed by atoms with Crippen LogP contribution < -0.4 is 10.6 Å². The molecule has 2 rings (SSSR count). The van der Waals surface area contributed by atoms with E-state index in [0.717, 1.165) is 19.3 Å². The van der Waals surface area contributed by atoms with Crippen molar-refractivity contribution in [2.24, 2.45) is 10.8 Å². The van der Waals surface area contributed by atoms with Gasteiger partial charge < -0.3 is 15.7 Å². The number of urea groups is 1. The first-order chi connectivity index (χ1) is 8.83. The normalized spacial score (nSPS) is 27.4. The van der Waals surface area contributed by atoms with Gasteiger partial charge in [-0.25, -0.2) is 4.79 Å². The summed E-state index contributed by atoms with van der Waals surface area (Å²) >= 11 is 0. The Morgan fingerprint density at radius 1 is 1.26 bits per heavy atom. The maximum absolute atomic E-state index is 11.8. The third kappa shape index (κ3) is 3.61. The Bertz CT molecular complexity index is 375. The number of aliphatic carboxylic acids is 1. The van der Waals surface area contributed by atoms with Crippen LogP contribution in [0.3, 0.4) is 0 Å². The number of carboxylic acid groups (broad SMARTS) is 1. The molecule has 1 unspecified atom stereocenters. The Morgan fingerprint density at radius 2 is 1.95 bits per heavy atom. The summed E-state index contributed by atoms with van der Waals surface area (Å²) in [7, 11) is 0. The summed E-state index contributed by atoms with van der Waals surface area (Å²) in [5, 5.41) is 14.7. The smallest absolute Gasteiger partial charge is 0.315 e. The number of amides is 2. The van der Waals surface area contributed by atoms with Crippen molar-refractivity contribution in [3.63, 3.8) is 0 Å². The molecule has 19 heavy (non-hydrogen) atoms. The highest BCUT2D eigenvalue weighted by molar-refractivity contribution is 5.80. The Morgan fingerprint density at radius 3 is 2.47 bits per heavy atom. The van der Waals surface area contributed by atoms with Crippen LogP contribution in [0.1, 0.15) is 52.4 Å². The van der Waals surface area contributed by atoms with Crippen LogP contribution in [-0.2, 0) is 4.79 Å². The first-order valence-corrected chi connectivity index (χ1v) is 7.11. The molecule has 0 heterocycles. The van der Waals surface area contributed by atoms with Crippen molar-refractivity contribution in [1.29, 1.82) is 0 Å². The van der Waals surface area contributed by atoms with Crippen molar-refractivity contribution in [2.45, 2.75) is 58.4 Å². The zero-order valence-corrected chi connectivity index (χ0v) is 11.8. The van der Waals surface area contributed by atoms with Gasteiger partial charge in [0.15, 0.2) is 0 Å². The Kier molecular flexibility index (Phi) is 3.74. The number of nitrogens with one attached hydrogen (secondary N) is 2. The van der Waals surface area contributed by atoms with Crippen molar-refractivity contribution in [1.82, 2.24) is 10.6 Å². The molecule has 5 heteroatoms. The van der Waals surface area contributed by atoms with E-state index in [9.17, 15) is 9.59 Å².